The highest BCUT2D eigenvalue weighted by molar-refractivity contribution is 7.88. The number of benzene rings is 1. The van der Waals surface area contributed by atoms with Gasteiger partial charge in [-0.25, -0.2) is 17.9 Å². The molecule has 9 heteroatoms. The number of carbonyl (C=O) groups excluding carboxylic acids is 1. The number of hydrogen-bond donors (Lipinski definition) is 1. The van der Waals surface area contributed by atoms with E-state index in [1.54, 1.807) is 30.3 Å². The van der Waals surface area contributed by atoms with Crippen molar-refractivity contribution in [2.45, 2.75) is 6.42 Å². The SMILES string of the molecule is CS(=O)(=O)NCCc1ccc(C(=O)Oc2cccc(Cl)c2Cl)s1. The van der Waals surface area contributed by atoms with Gasteiger partial charge in [0.2, 0.25) is 10.0 Å². The van der Waals surface area contributed by atoms with Gasteiger partial charge in [0.15, 0.2) is 5.75 Å². The van der Waals surface area contributed by atoms with Crippen LogP contribution in [0.1, 0.15) is 14.5 Å². The van der Waals surface area contributed by atoms with E-state index in [1.165, 1.54) is 11.3 Å². The largest absolute Gasteiger partial charge is 0.421 e. The number of rotatable bonds is 6. The summed E-state index contributed by atoms with van der Waals surface area (Å²) in [6.45, 7) is 0.272. The van der Waals surface area contributed by atoms with Crippen LogP contribution in [-0.2, 0) is 16.4 Å². The fraction of sp³-hybridized carbons (Fsp3) is 0.214. The monoisotopic (exact) mass is 393 g/mol. The first-order valence-electron chi connectivity index (χ1n) is 6.46. The Bertz CT molecular complexity index is 818. The lowest BCUT2D eigenvalue weighted by atomic mass is 10.3. The third kappa shape index (κ3) is 5.47. The maximum atomic E-state index is 12.1. The van der Waals surface area contributed by atoms with Gasteiger partial charge < -0.3 is 4.74 Å². The molecule has 0 saturated carbocycles. The quantitative estimate of drug-likeness (QED) is 0.602. The van der Waals surface area contributed by atoms with Crippen molar-refractivity contribution in [1.29, 1.82) is 0 Å². The molecule has 0 aliphatic rings. The third-order valence-corrected chi connectivity index (χ3v) is 5.37. The maximum absolute atomic E-state index is 12.1. The predicted molar refractivity (Wildman–Crippen MR) is 92.3 cm³/mol. The van der Waals surface area contributed by atoms with E-state index in [-0.39, 0.29) is 17.3 Å². The van der Waals surface area contributed by atoms with E-state index in [9.17, 15) is 13.2 Å². The molecule has 5 nitrogen and oxygen atoms in total. The first-order chi connectivity index (χ1) is 10.8. The van der Waals surface area contributed by atoms with Gasteiger partial charge in [0, 0.05) is 11.4 Å². The average molecular weight is 394 g/mol. The molecular formula is C14H13Cl2NO4S2. The molecule has 2 aromatic rings. The van der Waals surface area contributed by atoms with Gasteiger partial charge >= 0.3 is 5.97 Å². The van der Waals surface area contributed by atoms with Crippen LogP contribution in [0.2, 0.25) is 10.0 Å². The van der Waals surface area contributed by atoms with Gasteiger partial charge in [-0.05, 0) is 30.7 Å². The Morgan fingerprint density at radius 3 is 2.70 bits per heavy atom. The van der Waals surface area contributed by atoms with Crippen LogP contribution >= 0.6 is 34.5 Å². The fourth-order valence-corrected chi connectivity index (χ4v) is 3.38. The van der Waals surface area contributed by atoms with Crippen LogP contribution in [-0.4, -0.2) is 27.2 Å². The molecular weight excluding hydrogens is 381 g/mol. The summed E-state index contributed by atoms with van der Waals surface area (Å²) in [4.78, 5) is 13.4. The summed E-state index contributed by atoms with van der Waals surface area (Å²) in [5, 5.41) is 0.479. The Balaban J connectivity index is 1.99. The smallest absolute Gasteiger partial charge is 0.353 e. The standard InChI is InChI=1S/C14H13Cl2NO4S2/c1-23(19,20)17-8-7-9-5-6-12(22-9)14(18)21-11-4-2-3-10(15)13(11)16/h2-6,17H,7-8H2,1H3. The summed E-state index contributed by atoms with van der Waals surface area (Å²) >= 11 is 13.1. The predicted octanol–water partition coefficient (Wildman–Crippen LogP) is 3.37. The van der Waals surface area contributed by atoms with Gasteiger partial charge in [0.1, 0.15) is 9.90 Å². The van der Waals surface area contributed by atoms with E-state index >= 15 is 0 Å². The van der Waals surface area contributed by atoms with E-state index in [0.29, 0.717) is 16.3 Å². The van der Waals surface area contributed by atoms with Crippen LogP contribution in [0.25, 0.3) is 0 Å². The number of carbonyl (C=O) groups is 1. The number of thiophene rings is 1. The molecule has 1 aromatic heterocycles. The van der Waals surface area contributed by atoms with E-state index in [0.717, 1.165) is 11.1 Å². The summed E-state index contributed by atoms with van der Waals surface area (Å²) in [5.41, 5.74) is 0. The summed E-state index contributed by atoms with van der Waals surface area (Å²) < 4.78 is 29.6. The lowest BCUT2D eigenvalue weighted by Gasteiger charge is -2.05. The molecule has 1 N–H and O–H groups in total. The average Bonchev–Trinajstić information content (AvgIpc) is 2.91. The van der Waals surface area contributed by atoms with Crippen molar-refractivity contribution in [3.8, 4) is 5.75 Å². The minimum Gasteiger partial charge on any atom is -0.421 e. The summed E-state index contributed by atoms with van der Waals surface area (Å²) in [5.74, 6) is -0.348. The summed E-state index contributed by atoms with van der Waals surface area (Å²) in [6, 6.07) is 8.16. The number of hydrogen-bond acceptors (Lipinski definition) is 5. The number of nitrogens with one attached hydrogen (secondary N) is 1. The Kier molecular flexibility index (Phi) is 6.05. The summed E-state index contributed by atoms with van der Waals surface area (Å²) in [6.07, 6.45) is 1.59. The Morgan fingerprint density at radius 1 is 1.26 bits per heavy atom. The topological polar surface area (TPSA) is 72.5 Å². The van der Waals surface area contributed by atoms with Crippen molar-refractivity contribution < 1.29 is 17.9 Å². The molecule has 2 rings (SSSR count). The summed E-state index contributed by atoms with van der Waals surface area (Å²) in [7, 11) is -3.22. The van der Waals surface area contributed by atoms with Crippen molar-refractivity contribution in [3.63, 3.8) is 0 Å². The second-order valence-corrected chi connectivity index (χ2v) is 8.41. The zero-order chi connectivity index (χ0) is 17.0. The molecule has 23 heavy (non-hydrogen) atoms. The molecule has 0 saturated heterocycles. The maximum Gasteiger partial charge on any atom is 0.353 e. The van der Waals surface area contributed by atoms with Crippen LogP contribution in [0.4, 0.5) is 0 Å². The fourth-order valence-electron chi connectivity index (χ4n) is 1.69. The molecule has 0 unspecified atom stereocenters. The zero-order valence-corrected chi connectivity index (χ0v) is 15.2. The van der Waals surface area contributed by atoms with Gasteiger partial charge in [0.05, 0.1) is 11.3 Å². The van der Waals surface area contributed by atoms with Crippen LogP contribution in [0.15, 0.2) is 30.3 Å². The van der Waals surface area contributed by atoms with Gasteiger partial charge in [0.25, 0.3) is 0 Å². The zero-order valence-electron chi connectivity index (χ0n) is 12.0. The minimum absolute atomic E-state index is 0.177. The lowest BCUT2D eigenvalue weighted by molar-refractivity contribution is 0.0740. The minimum atomic E-state index is -3.22. The first-order valence-corrected chi connectivity index (χ1v) is 9.92. The normalized spacial score (nSPS) is 11.4. The van der Waals surface area contributed by atoms with Crippen molar-refractivity contribution in [1.82, 2.24) is 4.72 Å². The molecule has 0 radical (unpaired) electrons. The molecule has 0 bridgehead atoms. The Hall–Kier alpha value is -1.12. The van der Waals surface area contributed by atoms with Crippen molar-refractivity contribution in [2.75, 3.05) is 12.8 Å². The molecule has 0 atom stereocenters. The second kappa shape index (κ2) is 7.63. The molecule has 0 spiro atoms. The van der Waals surface area contributed by atoms with Crippen molar-refractivity contribution in [2.24, 2.45) is 0 Å². The Labute approximate surface area is 148 Å². The first kappa shape index (κ1) is 18.2. The van der Waals surface area contributed by atoms with Crippen LogP contribution in [0.5, 0.6) is 5.75 Å². The molecule has 124 valence electrons. The van der Waals surface area contributed by atoms with Gasteiger partial charge in [-0.15, -0.1) is 11.3 Å². The number of sulfonamides is 1. The molecule has 0 aliphatic heterocycles. The third-order valence-electron chi connectivity index (χ3n) is 2.72. The van der Waals surface area contributed by atoms with Gasteiger partial charge in [-0.1, -0.05) is 29.3 Å². The van der Waals surface area contributed by atoms with Crippen LogP contribution in [0.3, 0.4) is 0 Å². The molecule has 0 aliphatic carbocycles. The van der Waals surface area contributed by atoms with Crippen LogP contribution in [0, 0.1) is 0 Å². The van der Waals surface area contributed by atoms with E-state index in [2.05, 4.69) is 4.72 Å². The molecule has 0 fully saturated rings. The van der Waals surface area contributed by atoms with E-state index in [1.807, 2.05) is 0 Å². The number of esters is 1. The molecule has 1 heterocycles. The van der Waals surface area contributed by atoms with Crippen molar-refractivity contribution >= 4 is 50.5 Å². The molecule has 1 aromatic carbocycles. The second-order valence-electron chi connectivity index (χ2n) is 4.62. The highest BCUT2D eigenvalue weighted by Gasteiger charge is 2.15. The molecule has 0 amide bonds. The van der Waals surface area contributed by atoms with Crippen molar-refractivity contribution in [3.05, 3.63) is 50.1 Å². The Morgan fingerprint density at radius 2 is 2.00 bits per heavy atom. The highest BCUT2D eigenvalue weighted by Crippen LogP contribution is 2.32. The van der Waals surface area contributed by atoms with Gasteiger partial charge in [-0.2, -0.15) is 0 Å². The van der Waals surface area contributed by atoms with Crippen LogP contribution < -0.4 is 9.46 Å². The van der Waals surface area contributed by atoms with E-state index < -0.39 is 16.0 Å². The van der Waals surface area contributed by atoms with Gasteiger partial charge in [-0.3, -0.25) is 0 Å². The lowest BCUT2D eigenvalue weighted by Crippen LogP contribution is -2.24. The number of ether oxygens (including phenoxy) is 1. The number of halogens is 2. The van der Waals surface area contributed by atoms with E-state index in [4.69, 9.17) is 27.9 Å². The highest BCUT2D eigenvalue weighted by atomic mass is 35.5.